The zero-order valence-corrected chi connectivity index (χ0v) is 18.8. The van der Waals surface area contributed by atoms with Crippen LogP contribution in [0, 0.1) is 5.92 Å². The van der Waals surface area contributed by atoms with E-state index in [1.165, 1.54) is 0 Å². The first kappa shape index (κ1) is 25.5. The van der Waals surface area contributed by atoms with E-state index in [1.54, 1.807) is 7.11 Å². The second-order valence-electron chi connectivity index (χ2n) is 7.78. The molecule has 1 aliphatic heterocycles. The Morgan fingerprint density at radius 3 is 1.71 bits per heavy atom. The molecule has 0 radical (unpaired) electrons. The fourth-order valence-electron chi connectivity index (χ4n) is 3.20. The van der Waals surface area contributed by atoms with Gasteiger partial charge in [0.05, 0.1) is 0 Å². The topological polar surface area (TPSA) is 63.2 Å². The molecule has 1 saturated heterocycles. The molecule has 0 saturated carbocycles. The first-order chi connectivity index (χ1) is 13.5. The maximum absolute atomic E-state index is 12.9. The Kier molecular flexibility index (Phi) is 13.2. The number of rotatable bonds is 15. The fourth-order valence-corrected chi connectivity index (χ4v) is 3.20. The molecule has 6 heteroatoms. The maximum Gasteiger partial charge on any atom is 0.187 e. The third-order valence-corrected chi connectivity index (χ3v) is 5.00. The van der Waals surface area contributed by atoms with E-state index in [1.807, 2.05) is 13.8 Å². The number of hydrogen-bond donors (Lipinski definition) is 0. The largest absolute Gasteiger partial charge is 0.372 e. The summed E-state index contributed by atoms with van der Waals surface area (Å²) in [6, 6.07) is 0. The van der Waals surface area contributed by atoms with Crippen molar-refractivity contribution in [2.24, 2.45) is 5.92 Å². The molecule has 0 aromatic carbocycles. The monoisotopic (exact) mass is 402 g/mol. The minimum Gasteiger partial charge on any atom is -0.372 e. The minimum atomic E-state index is -0.709. The van der Waals surface area contributed by atoms with Gasteiger partial charge in [-0.05, 0) is 19.3 Å². The fraction of sp³-hybridized carbons (Fsp3) is 0.955. The highest BCUT2D eigenvalue weighted by molar-refractivity contribution is 5.85. The van der Waals surface area contributed by atoms with Crippen LogP contribution in [0.2, 0.25) is 0 Å². The molecule has 0 aromatic rings. The van der Waals surface area contributed by atoms with Gasteiger partial charge in [0.2, 0.25) is 0 Å². The average molecular weight is 403 g/mol. The van der Waals surface area contributed by atoms with Crippen LogP contribution in [0.25, 0.3) is 0 Å². The summed E-state index contributed by atoms with van der Waals surface area (Å²) in [5.74, 6) is -0.145. The highest BCUT2D eigenvalue weighted by Gasteiger charge is 2.51. The molecule has 0 aliphatic carbocycles. The number of methoxy groups -OCH3 is 1. The maximum atomic E-state index is 12.9. The molecule has 0 amide bonds. The Morgan fingerprint density at radius 1 is 0.821 bits per heavy atom. The smallest absolute Gasteiger partial charge is 0.187 e. The van der Waals surface area contributed by atoms with Crippen LogP contribution in [0.4, 0.5) is 0 Å². The molecule has 1 fully saturated rings. The lowest BCUT2D eigenvalue weighted by molar-refractivity contribution is -0.307. The van der Waals surface area contributed by atoms with E-state index in [9.17, 15) is 4.79 Å². The molecular formula is C22H42O6. The summed E-state index contributed by atoms with van der Waals surface area (Å²) in [6.45, 7) is 11.9. The predicted octanol–water partition coefficient (Wildman–Crippen LogP) is 4.14. The Bertz CT molecular complexity index is 414. The van der Waals surface area contributed by atoms with Gasteiger partial charge in [-0.3, -0.25) is 4.79 Å². The lowest BCUT2D eigenvalue weighted by Crippen LogP contribution is -2.63. The van der Waals surface area contributed by atoms with Gasteiger partial charge >= 0.3 is 0 Å². The molecule has 6 nitrogen and oxygen atoms in total. The number of hydrogen-bond acceptors (Lipinski definition) is 6. The number of ether oxygens (including phenoxy) is 5. The van der Waals surface area contributed by atoms with Gasteiger partial charge in [0.25, 0.3) is 0 Å². The summed E-state index contributed by atoms with van der Waals surface area (Å²) in [6.07, 6.45) is 3.25. The van der Waals surface area contributed by atoms with Crippen molar-refractivity contribution in [1.82, 2.24) is 0 Å². The summed E-state index contributed by atoms with van der Waals surface area (Å²) in [7, 11) is 1.58. The van der Waals surface area contributed by atoms with Crippen molar-refractivity contribution in [2.75, 3.05) is 26.9 Å². The number of unbranched alkanes of at least 4 members (excludes halogenated alkanes) is 3. The van der Waals surface area contributed by atoms with Crippen molar-refractivity contribution in [3.05, 3.63) is 0 Å². The van der Waals surface area contributed by atoms with Gasteiger partial charge in [-0.1, -0.05) is 53.9 Å². The van der Waals surface area contributed by atoms with E-state index in [4.69, 9.17) is 23.7 Å². The number of carbonyl (C=O) groups excluding carboxylic acids is 1. The van der Waals surface area contributed by atoms with E-state index in [0.29, 0.717) is 19.8 Å². The standard InChI is InChI=1S/C22H42O6/c1-7-10-13-25-19-18(17(23)16(4)5)28-22(24-6)21(27-15-12-9-3)20(19)26-14-11-8-2/h16,18-22H,7-15H2,1-6H3/t18-,19-,20+,21-,22+/m1/s1. The Labute approximate surface area is 171 Å². The van der Waals surface area contributed by atoms with Gasteiger partial charge in [-0.25, -0.2) is 0 Å². The van der Waals surface area contributed by atoms with Crippen molar-refractivity contribution in [3.63, 3.8) is 0 Å². The third kappa shape index (κ3) is 7.71. The van der Waals surface area contributed by atoms with Gasteiger partial charge in [-0.15, -0.1) is 0 Å². The van der Waals surface area contributed by atoms with Crippen molar-refractivity contribution in [2.45, 2.75) is 104 Å². The zero-order chi connectivity index (χ0) is 20.9. The minimum absolute atomic E-state index is 0.0136. The number of Topliss-reactive ketones (excluding diaryl/α,β-unsaturated/α-hetero) is 1. The van der Waals surface area contributed by atoms with E-state index in [0.717, 1.165) is 38.5 Å². The van der Waals surface area contributed by atoms with Gasteiger partial charge in [0.15, 0.2) is 12.1 Å². The summed E-state index contributed by atoms with van der Waals surface area (Å²) in [5.41, 5.74) is 0. The first-order valence-corrected chi connectivity index (χ1v) is 11.1. The molecular weight excluding hydrogens is 360 g/mol. The van der Waals surface area contributed by atoms with Crippen LogP contribution in [0.15, 0.2) is 0 Å². The highest BCUT2D eigenvalue weighted by atomic mass is 16.7. The van der Waals surface area contributed by atoms with Crippen molar-refractivity contribution < 1.29 is 28.5 Å². The predicted molar refractivity (Wildman–Crippen MR) is 109 cm³/mol. The molecule has 1 rings (SSSR count). The molecule has 0 N–H and O–H groups in total. The molecule has 1 aliphatic rings. The average Bonchev–Trinajstić information content (AvgIpc) is 2.69. The molecule has 1 heterocycles. The molecule has 0 spiro atoms. The molecule has 166 valence electrons. The van der Waals surface area contributed by atoms with Crippen LogP contribution in [0.3, 0.4) is 0 Å². The Morgan fingerprint density at radius 2 is 1.29 bits per heavy atom. The third-order valence-electron chi connectivity index (χ3n) is 5.00. The van der Waals surface area contributed by atoms with Crippen LogP contribution in [-0.4, -0.2) is 63.4 Å². The molecule has 0 aromatic heterocycles. The van der Waals surface area contributed by atoms with Crippen LogP contribution in [0.5, 0.6) is 0 Å². The molecule has 28 heavy (non-hydrogen) atoms. The number of carbonyl (C=O) groups is 1. The summed E-state index contributed by atoms with van der Waals surface area (Å²) in [4.78, 5) is 12.9. The van der Waals surface area contributed by atoms with E-state index >= 15 is 0 Å². The summed E-state index contributed by atoms with van der Waals surface area (Å²) >= 11 is 0. The quantitative estimate of drug-likeness (QED) is 0.384. The van der Waals surface area contributed by atoms with Crippen LogP contribution in [-0.2, 0) is 28.5 Å². The van der Waals surface area contributed by atoms with E-state index in [2.05, 4.69) is 20.8 Å². The van der Waals surface area contributed by atoms with Gasteiger partial charge in [-0.2, -0.15) is 0 Å². The van der Waals surface area contributed by atoms with Crippen LogP contribution < -0.4 is 0 Å². The zero-order valence-electron chi connectivity index (χ0n) is 18.8. The normalized spacial score (nSPS) is 28.0. The lowest BCUT2D eigenvalue weighted by Gasteiger charge is -2.45. The van der Waals surface area contributed by atoms with Gasteiger partial charge < -0.3 is 23.7 Å². The summed E-state index contributed by atoms with van der Waals surface area (Å²) < 4.78 is 30.2. The van der Waals surface area contributed by atoms with Gasteiger partial charge in [0, 0.05) is 32.8 Å². The highest BCUT2D eigenvalue weighted by Crippen LogP contribution is 2.31. The Balaban J connectivity index is 3.10. The van der Waals surface area contributed by atoms with Crippen LogP contribution in [0.1, 0.15) is 73.1 Å². The number of ketones is 1. The summed E-state index contributed by atoms with van der Waals surface area (Å²) in [5, 5.41) is 0. The van der Waals surface area contributed by atoms with Crippen molar-refractivity contribution in [3.8, 4) is 0 Å². The SMILES string of the molecule is CCCCO[C@@H]1[C@@H](OCCCC)[C@@H](OC)O[C@H](C(=O)C(C)C)[C@H]1OCCCC. The second-order valence-corrected chi connectivity index (χ2v) is 7.78. The molecule has 0 bridgehead atoms. The van der Waals surface area contributed by atoms with Crippen LogP contribution >= 0.6 is 0 Å². The molecule has 5 atom stereocenters. The lowest BCUT2D eigenvalue weighted by atomic mass is 9.91. The van der Waals surface area contributed by atoms with E-state index in [-0.39, 0.29) is 11.7 Å². The van der Waals surface area contributed by atoms with Crippen molar-refractivity contribution in [1.29, 1.82) is 0 Å². The Hall–Kier alpha value is -0.530. The first-order valence-electron chi connectivity index (χ1n) is 11.1. The van der Waals surface area contributed by atoms with Crippen molar-refractivity contribution >= 4 is 5.78 Å². The molecule has 0 unspecified atom stereocenters. The second kappa shape index (κ2) is 14.5. The van der Waals surface area contributed by atoms with Gasteiger partial charge in [0.1, 0.15) is 24.4 Å². The van der Waals surface area contributed by atoms with E-state index < -0.39 is 30.7 Å².